The van der Waals surface area contributed by atoms with Gasteiger partial charge in [-0.2, -0.15) is 0 Å². The zero-order valence-electron chi connectivity index (χ0n) is 41.0. The molecule has 388 valence electrons. The largest absolute Gasteiger partial charge is 0.489 e. The smallest absolute Gasteiger partial charge is 0.338 e. The Bertz CT molecular complexity index is 3070. The molecule has 2 aliphatic carbocycles. The monoisotopic (exact) mass is 1210 g/mol. The SMILES string of the molecule is O=C(O)c1cc(Br)cc(OCc2ccccc2)c1.O=C(O[C@H]1Cc2ccccc2C[C@H]1OC(=O)c1cc(Br)cc(OCc2ccccc2)c1)c1cc(Br)cc(OCc2ccccc2)c1.O[C@@H]1Cc2ccccc2C[C@@H]1O. The lowest BCUT2D eigenvalue weighted by molar-refractivity contribution is -0.0389. The van der Waals surface area contributed by atoms with Gasteiger partial charge in [-0.3, -0.25) is 0 Å². The fraction of sp³-hybridized carbons (Fsp3) is 0.177. The molecule has 0 aliphatic heterocycles. The summed E-state index contributed by atoms with van der Waals surface area (Å²) in [7, 11) is 0. The van der Waals surface area contributed by atoms with Crippen molar-refractivity contribution in [2.75, 3.05) is 0 Å². The summed E-state index contributed by atoms with van der Waals surface area (Å²) >= 11 is 10.2. The number of rotatable bonds is 14. The number of hydrogen-bond acceptors (Lipinski definition) is 10. The predicted molar refractivity (Wildman–Crippen MR) is 300 cm³/mol. The van der Waals surface area contributed by atoms with Gasteiger partial charge in [0, 0.05) is 39.1 Å². The molecule has 0 radical (unpaired) electrons. The second kappa shape index (κ2) is 27.1. The van der Waals surface area contributed by atoms with Gasteiger partial charge in [0.1, 0.15) is 49.3 Å². The molecule has 0 saturated heterocycles. The van der Waals surface area contributed by atoms with Crippen molar-refractivity contribution in [3.05, 3.63) is 263 Å². The van der Waals surface area contributed by atoms with Crippen LogP contribution < -0.4 is 14.2 Å². The number of hydrogen-bond donors (Lipinski definition) is 3. The number of aliphatic hydroxyl groups is 2. The second-order valence-corrected chi connectivity index (χ2v) is 20.8. The summed E-state index contributed by atoms with van der Waals surface area (Å²) in [6.45, 7) is 1.13. The van der Waals surface area contributed by atoms with E-state index in [2.05, 4.69) is 47.8 Å². The highest BCUT2D eigenvalue weighted by Gasteiger charge is 2.35. The Morgan fingerprint density at radius 1 is 0.395 bits per heavy atom. The van der Waals surface area contributed by atoms with Gasteiger partial charge >= 0.3 is 17.9 Å². The maximum atomic E-state index is 13.5. The van der Waals surface area contributed by atoms with Gasteiger partial charge in [0.15, 0.2) is 0 Å². The topological polar surface area (TPSA) is 158 Å². The third kappa shape index (κ3) is 16.2. The summed E-state index contributed by atoms with van der Waals surface area (Å²) in [4.78, 5) is 37.9. The molecule has 11 nitrogen and oxygen atoms in total. The van der Waals surface area contributed by atoms with Crippen LogP contribution in [0.4, 0.5) is 0 Å². The number of aromatic carboxylic acids is 1. The Hall–Kier alpha value is -7.07. The summed E-state index contributed by atoms with van der Waals surface area (Å²) in [5.41, 5.74) is 8.34. The molecule has 8 aromatic rings. The van der Waals surface area contributed by atoms with Crippen molar-refractivity contribution in [1.29, 1.82) is 0 Å². The van der Waals surface area contributed by atoms with Gasteiger partial charge in [-0.1, -0.05) is 187 Å². The molecule has 76 heavy (non-hydrogen) atoms. The van der Waals surface area contributed by atoms with Crippen LogP contribution in [0.1, 0.15) is 70.0 Å². The molecule has 3 N–H and O–H groups in total. The van der Waals surface area contributed by atoms with Crippen molar-refractivity contribution in [2.45, 2.75) is 69.9 Å². The number of carboxylic acid groups (broad SMARTS) is 1. The lowest BCUT2D eigenvalue weighted by Crippen LogP contribution is -2.41. The van der Waals surface area contributed by atoms with E-state index in [-0.39, 0.29) is 5.56 Å². The molecular formula is C62H53Br3O11. The summed E-state index contributed by atoms with van der Waals surface area (Å²) < 4.78 is 31.7. The first-order valence-corrected chi connectivity index (χ1v) is 26.8. The van der Waals surface area contributed by atoms with Gasteiger partial charge in [-0.05, 0) is 93.5 Å². The molecule has 2 aliphatic rings. The number of carboxylic acids is 1. The number of carbonyl (C=O) groups excluding carboxylic acids is 2. The molecule has 0 fully saturated rings. The van der Waals surface area contributed by atoms with Crippen LogP contribution in [0.5, 0.6) is 17.2 Å². The van der Waals surface area contributed by atoms with Crippen molar-refractivity contribution in [1.82, 2.24) is 0 Å². The fourth-order valence-corrected chi connectivity index (χ4v) is 9.91. The third-order valence-corrected chi connectivity index (χ3v) is 13.8. The summed E-state index contributed by atoms with van der Waals surface area (Å²) in [6.07, 6.45) is -0.571. The number of benzene rings is 8. The van der Waals surface area contributed by atoms with Crippen LogP contribution in [0.15, 0.2) is 208 Å². The summed E-state index contributed by atoms with van der Waals surface area (Å²) in [5, 5.41) is 27.7. The first kappa shape index (κ1) is 55.2. The van der Waals surface area contributed by atoms with Crippen LogP contribution in [0.3, 0.4) is 0 Å². The van der Waals surface area contributed by atoms with E-state index in [0.29, 0.717) is 87.3 Å². The highest BCUT2D eigenvalue weighted by molar-refractivity contribution is 9.11. The molecular weight excluding hydrogens is 1160 g/mol. The third-order valence-electron chi connectivity index (χ3n) is 12.4. The Balaban J connectivity index is 0.000000206. The molecule has 0 aromatic heterocycles. The molecule has 8 aromatic carbocycles. The van der Waals surface area contributed by atoms with Crippen molar-refractivity contribution < 1.29 is 53.4 Å². The van der Waals surface area contributed by atoms with E-state index in [1.54, 1.807) is 42.5 Å². The number of carbonyl (C=O) groups is 3. The maximum absolute atomic E-state index is 13.5. The molecule has 14 heteroatoms. The molecule has 10 rings (SSSR count). The second-order valence-electron chi connectivity index (χ2n) is 18.0. The maximum Gasteiger partial charge on any atom is 0.338 e. The normalized spacial score (nSPS) is 16.1. The molecule has 0 saturated carbocycles. The number of halogens is 3. The van der Waals surface area contributed by atoms with Gasteiger partial charge in [0.2, 0.25) is 0 Å². The van der Waals surface area contributed by atoms with E-state index in [1.165, 1.54) is 12.1 Å². The standard InChI is InChI=1S/C38H30Br2O6.C14H11BrO3.C10H12O2/c39-31-15-29(17-33(21-31)43-23-25-9-3-1-4-10-25)37(41)45-35-19-27-13-7-8-14-28(27)20-36(35)46-38(42)30-16-32(40)22-34(18-30)44-24-26-11-5-2-6-12-26;15-12-6-11(14(16)17)7-13(8-12)18-9-10-4-2-1-3-5-10;11-9-5-7-3-1-2-4-8(7)6-10(9)12/h1-18,21-22,35-36H,19-20,23-24H2;1-8H,9H2,(H,16,17);1-4,9-12H,5-6H2/t35-,36+;;9-,10+. The van der Waals surface area contributed by atoms with Gasteiger partial charge < -0.3 is 39.0 Å². The fourth-order valence-electron chi connectivity index (χ4n) is 8.50. The first-order valence-electron chi connectivity index (χ1n) is 24.4. The number of aliphatic hydroxyl groups excluding tert-OH is 2. The Morgan fingerprint density at radius 2 is 0.684 bits per heavy atom. The van der Waals surface area contributed by atoms with Crippen molar-refractivity contribution in [2.24, 2.45) is 0 Å². The quantitative estimate of drug-likeness (QED) is 0.0890. The lowest BCUT2D eigenvalue weighted by atomic mass is 9.87. The minimum absolute atomic E-state index is 0.201. The molecule has 0 bridgehead atoms. The van der Waals surface area contributed by atoms with Crippen molar-refractivity contribution >= 4 is 65.7 Å². The Kier molecular flexibility index (Phi) is 19.7. The molecule has 0 unspecified atom stereocenters. The molecule has 0 heterocycles. The highest BCUT2D eigenvalue weighted by Crippen LogP contribution is 2.31. The first-order chi connectivity index (χ1) is 36.8. The molecule has 0 spiro atoms. The van der Waals surface area contributed by atoms with Crippen LogP contribution in [0.25, 0.3) is 0 Å². The number of esters is 2. The Morgan fingerprint density at radius 3 is 1.01 bits per heavy atom. The van der Waals surface area contributed by atoms with Crippen molar-refractivity contribution in [3.63, 3.8) is 0 Å². The van der Waals surface area contributed by atoms with E-state index in [0.717, 1.165) is 38.9 Å². The van der Waals surface area contributed by atoms with E-state index in [4.69, 9.17) is 28.8 Å². The minimum atomic E-state index is -0.971. The van der Waals surface area contributed by atoms with E-state index in [9.17, 15) is 24.6 Å². The average molecular weight is 1210 g/mol. The summed E-state index contributed by atoms with van der Waals surface area (Å²) in [5.74, 6) is -0.443. The van der Waals surface area contributed by atoms with Crippen LogP contribution in [-0.2, 0) is 55.0 Å². The van der Waals surface area contributed by atoms with Crippen molar-refractivity contribution in [3.8, 4) is 17.2 Å². The van der Waals surface area contributed by atoms with Crippen LogP contribution in [0, 0.1) is 0 Å². The zero-order chi connectivity index (χ0) is 53.4. The van der Waals surface area contributed by atoms with Gasteiger partial charge in [0.05, 0.1) is 28.9 Å². The van der Waals surface area contributed by atoms with Gasteiger partial charge in [-0.25, -0.2) is 14.4 Å². The van der Waals surface area contributed by atoms with Crippen LogP contribution >= 0.6 is 47.8 Å². The molecule has 0 amide bonds. The summed E-state index contributed by atoms with van der Waals surface area (Å²) in [6, 6.07) is 60.2. The van der Waals surface area contributed by atoms with Gasteiger partial charge in [-0.15, -0.1) is 0 Å². The van der Waals surface area contributed by atoms with E-state index in [1.807, 2.05) is 140 Å². The number of ether oxygens (including phenoxy) is 5. The highest BCUT2D eigenvalue weighted by atomic mass is 79.9. The van der Waals surface area contributed by atoms with Crippen LogP contribution in [0.2, 0.25) is 0 Å². The average Bonchev–Trinajstić information content (AvgIpc) is 3.42. The van der Waals surface area contributed by atoms with Gasteiger partial charge in [0.25, 0.3) is 0 Å². The van der Waals surface area contributed by atoms with E-state index >= 15 is 0 Å². The zero-order valence-corrected chi connectivity index (χ0v) is 45.7. The molecule has 4 atom stereocenters. The van der Waals surface area contributed by atoms with E-state index < -0.39 is 42.3 Å². The minimum Gasteiger partial charge on any atom is -0.489 e. The predicted octanol–water partition coefficient (Wildman–Crippen LogP) is 13.2. The number of fused-ring (bicyclic) bond motifs is 2. The Labute approximate surface area is 466 Å². The lowest BCUT2D eigenvalue weighted by Gasteiger charge is -2.32. The van der Waals surface area contributed by atoms with Crippen LogP contribution in [-0.4, -0.2) is 57.6 Å².